The van der Waals surface area contributed by atoms with Gasteiger partial charge in [-0.2, -0.15) is 0 Å². The molecule has 0 unspecified atom stereocenters. The molecule has 12 heavy (non-hydrogen) atoms. The molecular weight excluding hydrogens is 158 g/mol. The first kappa shape index (κ1) is 11.4. The van der Waals surface area contributed by atoms with Crippen molar-refractivity contribution in [3.05, 3.63) is 0 Å². The van der Waals surface area contributed by atoms with Gasteiger partial charge in [0.25, 0.3) is 0 Å². The molecule has 0 radical (unpaired) electrons. The molecule has 0 aliphatic rings. The fraction of sp³-hybridized carbons (Fsp3) is 0.875. The van der Waals surface area contributed by atoms with Gasteiger partial charge in [0.05, 0.1) is 5.60 Å². The summed E-state index contributed by atoms with van der Waals surface area (Å²) in [6, 6.07) is 0. The number of carbonyl (C=O) groups is 1. The monoisotopic (exact) mass is 175 g/mol. The second-order valence-electron chi connectivity index (χ2n) is 3.63. The lowest BCUT2D eigenvalue weighted by Gasteiger charge is -2.24. The minimum atomic E-state index is -0.949. The Hall–Kier alpha value is -0.610. The molecular formula is C8H17NO3. The van der Waals surface area contributed by atoms with Crippen LogP contribution in [0.5, 0.6) is 0 Å². The van der Waals surface area contributed by atoms with Gasteiger partial charge in [-0.1, -0.05) is 0 Å². The number of carboxylic acids is 1. The summed E-state index contributed by atoms with van der Waals surface area (Å²) in [5, 5.41) is 8.69. The number of aliphatic carboxylic acids is 1. The maximum Gasteiger partial charge on any atom is 0.332 e. The topological polar surface area (TPSA) is 72.5 Å². The molecule has 0 aliphatic heterocycles. The Bertz CT molecular complexity index is 151. The van der Waals surface area contributed by atoms with E-state index in [-0.39, 0.29) is 0 Å². The zero-order chi connectivity index (χ0) is 9.78. The zero-order valence-corrected chi connectivity index (χ0v) is 7.83. The number of hydrogen-bond acceptors (Lipinski definition) is 3. The molecule has 0 amide bonds. The number of hydrogen-bond donors (Lipinski definition) is 2. The Labute approximate surface area is 72.7 Å². The summed E-state index contributed by atoms with van der Waals surface area (Å²) in [5.74, 6) is -0.949. The quantitative estimate of drug-likeness (QED) is 0.656. The Balaban J connectivity index is 4.05. The predicted octanol–water partition coefficient (Wildman–Crippen LogP) is 0.603. The maximum atomic E-state index is 10.6. The molecule has 72 valence electrons. The summed E-state index contributed by atoms with van der Waals surface area (Å²) < 4.78 is 5.26. The van der Waals surface area contributed by atoms with Crippen molar-refractivity contribution in [3.63, 3.8) is 0 Å². The molecule has 0 aromatic carbocycles. The Morgan fingerprint density at radius 2 is 2.08 bits per heavy atom. The van der Waals surface area contributed by atoms with E-state index in [0.717, 1.165) is 0 Å². The van der Waals surface area contributed by atoms with Crippen LogP contribution in [-0.4, -0.2) is 29.3 Å². The molecule has 0 spiro atoms. The van der Waals surface area contributed by atoms with Gasteiger partial charge in [-0.05, 0) is 33.7 Å². The van der Waals surface area contributed by atoms with Crippen molar-refractivity contribution < 1.29 is 14.6 Å². The summed E-state index contributed by atoms with van der Waals surface area (Å²) in [7, 11) is 0. The van der Waals surface area contributed by atoms with Crippen molar-refractivity contribution in [3.8, 4) is 0 Å². The van der Waals surface area contributed by atoms with Gasteiger partial charge >= 0.3 is 5.97 Å². The van der Waals surface area contributed by atoms with Crippen LogP contribution >= 0.6 is 0 Å². The van der Waals surface area contributed by atoms with E-state index >= 15 is 0 Å². The average molecular weight is 175 g/mol. The van der Waals surface area contributed by atoms with Crippen molar-refractivity contribution in [2.45, 2.75) is 38.9 Å². The molecule has 0 aromatic rings. The van der Waals surface area contributed by atoms with Gasteiger partial charge in [-0.15, -0.1) is 0 Å². The number of carboxylic acid groups (broad SMARTS) is 1. The number of ether oxygens (including phenoxy) is 1. The molecule has 4 nitrogen and oxygen atoms in total. The van der Waals surface area contributed by atoms with Gasteiger partial charge in [-0.3, -0.25) is 0 Å². The lowest BCUT2D eigenvalue weighted by atomic mass is 10.1. The van der Waals surface area contributed by atoms with E-state index < -0.39 is 17.7 Å². The van der Waals surface area contributed by atoms with Gasteiger partial charge in [-0.25, -0.2) is 4.79 Å². The summed E-state index contributed by atoms with van der Waals surface area (Å²) in [6.45, 7) is 5.78. The average Bonchev–Trinajstić information content (AvgIpc) is 1.83. The van der Waals surface area contributed by atoms with Crippen molar-refractivity contribution in [1.82, 2.24) is 0 Å². The van der Waals surface area contributed by atoms with E-state index in [4.69, 9.17) is 15.6 Å². The minimum absolute atomic E-state index is 0.326. The van der Waals surface area contributed by atoms with E-state index in [1.54, 1.807) is 0 Å². The first-order chi connectivity index (χ1) is 5.37. The fourth-order valence-corrected chi connectivity index (χ4v) is 0.811. The summed E-state index contributed by atoms with van der Waals surface area (Å²) in [6.07, 6.45) is -0.429. The van der Waals surface area contributed by atoms with Crippen LogP contribution in [0.4, 0.5) is 0 Å². The molecule has 4 heteroatoms. The van der Waals surface area contributed by atoms with Gasteiger partial charge in [0, 0.05) is 0 Å². The molecule has 1 atom stereocenters. The van der Waals surface area contributed by atoms with Crippen molar-refractivity contribution in [2.24, 2.45) is 5.73 Å². The van der Waals surface area contributed by atoms with E-state index in [1.165, 1.54) is 0 Å². The highest BCUT2D eigenvalue weighted by molar-refractivity contribution is 5.72. The van der Waals surface area contributed by atoms with Gasteiger partial charge in [0.15, 0.2) is 6.10 Å². The van der Waals surface area contributed by atoms with Crippen molar-refractivity contribution in [2.75, 3.05) is 6.54 Å². The van der Waals surface area contributed by atoms with E-state index in [2.05, 4.69) is 0 Å². The molecule has 0 bridgehead atoms. The SMILES string of the molecule is CC(C)(C)O[C@H](CCN)C(=O)O. The molecule has 3 N–H and O–H groups in total. The van der Waals surface area contributed by atoms with Crippen LogP contribution in [0.15, 0.2) is 0 Å². The largest absolute Gasteiger partial charge is 0.479 e. The van der Waals surface area contributed by atoms with E-state index in [0.29, 0.717) is 13.0 Å². The van der Waals surface area contributed by atoms with Gasteiger partial charge in [0.2, 0.25) is 0 Å². The molecule has 0 fully saturated rings. The second-order valence-corrected chi connectivity index (χ2v) is 3.63. The van der Waals surface area contributed by atoms with Crippen molar-refractivity contribution in [1.29, 1.82) is 0 Å². The fourth-order valence-electron chi connectivity index (χ4n) is 0.811. The molecule has 0 heterocycles. The highest BCUT2D eigenvalue weighted by atomic mass is 16.5. The standard InChI is InChI=1S/C8H17NO3/c1-8(2,3)12-6(4-5-9)7(10)11/h6H,4-5,9H2,1-3H3,(H,10,11)/t6-/m1/s1. The Morgan fingerprint density at radius 1 is 1.58 bits per heavy atom. The third-order valence-electron chi connectivity index (χ3n) is 1.20. The first-order valence-electron chi connectivity index (χ1n) is 3.97. The number of rotatable bonds is 4. The third-order valence-corrected chi connectivity index (χ3v) is 1.20. The Morgan fingerprint density at radius 3 is 2.33 bits per heavy atom. The smallest absolute Gasteiger partial charge is 0.332 e. The molecule has 0 aliphatic carbocycles. The Kier molecular flexibility index (Phi) is 4.20. The molecule has 0 aromatic heterocycles. The van der Waals surface area contributed by atoms with Crippen LogP contribution in [0.2, 0.25) is 0 Å². The molecule has 0 saturated heterocycles. The molecule has 0 saturated carbocycles. The maximum absolute atomic E-state index is 10.6. The van der Waals surface area contributed by atoms with Crippen LogP contribution < -0.4 is 5.73 Å². The minimum Gasteiger partial charge on any atom is -0.479 e. The van der Waals surface area contributed by atoms with Gasteiger partial charge < -0.3 is 15.6 Å². The van der Waals surface area contributed by atoms with Crippen LogP contribution in [0, 0.1) is 0 Å². The number of nitrogens with two attached hydrogens (primary N) is 1. The van der Waals surface area contributed by atoms with Gasteiger partial charge in [0.1, 0.15) is 0 Å². The second kappa shape index (κ2) is 4.42. The van der Waals surface area contributed by atoms with E-state index in [9.17, 15) is 4.79 Å². The highest BCUT2D eigenvalue weighted by Gasteiger charge is 2.23. The normalized spacial score (nSPS) is 14.3. The third kappa shape index (κ3) is 5.09. The summed E-state index contributed by atoms with van der Waals surface area (Å²) in [4.78, 5) is 10.6. The van der Waals surface area contributed by atoms with Crippen LogP contribution in [0.25, 0.3) is 0 Å². The summed E-state index contributed by atoms with van der Waals surface area (Å²) in [5.41, 5.74) is 4.81. The van der Waals surface area contributed by atoms with Crippen LogP contribution in [-0.2, 0) is 9.53 Å². The first-order valence-corrected chi connectivity index (χ1v) is 3.97. The highest BCUT2D eigenvalue weighted by Crippen LogP contribution is 2.12. The predicted molar refractivity (Wildman–Crippen MR) is 45.9 cm³/mol. The zero-order valence-electron chi connectivity index (χ0n) is 7.83. The lowest BCUT2D eigenvalue weighted by molar-refractivity contribution is -0.160. The summed E-state index contributed by atoms with van der Waals surface area (Å²) >= 11 is 0. The van der Waals surface area contributed by atoms with Crippen LogP contribution in [0.3, 0.4) is 0 Å². The van der Waals surface area contributed by atoms with Crippen LogP contribution in [0.1, 0.15) is 27.2 Å². The van der Waals surface area contributed by atoms with Crippen molar-refractivity contribution >= 4 is 5.97 Å². The van der Waals surface area contributed by atoms with E-state index in [1.807, 2.05) is 20.8 Å². The lowest BCUT2D eigenvalue weighted by Crippen LogP contribution is -2.34. The molecule has 0 rings (SSSR count).